The molecule has 1 aromatic carbocycles. The summed E-state index contributed by atoms with van der Waals surface area (Å²) in [5.74, 6) is -0.388. The van der Waals surface area contributed by atoms with Crippen LogP contribution in [0.25, 0.3) is 5.69 Å². The highest BCUT2D eigenvalue weighted by Crippen LogP contribution is 2.49. The van der Waals surface area contributed by atoms with Crippen LogP contribution in [0.15, 0.2) is 23.0 Å². The average molecular weight is 481 g/mol. The van der Waals surface area contributed by atoms with Gasteiger partial charge in [-0.25, -0.2) is 9.36 Å². The van der Waals surface area contributed by atoms with Gasteiger partial charge in [-0.1, -0.05) is 32.4 Å². The van der Waals surface area contributed by atoms with Gasteiger partial charge in [0.15, 0.2) is 0 Å². The van der Waals surface area contributed by atoms with Crippen LogP contribution in [0.4, 0.5) is 0 Å². The Hall–Kier alpha value is -3.51. The lowest BCUT2D eigenvalue weighted by atomic mass is 9.92. The zero-order valence-electron chi connectivity index (χ0n) is 19.6. The molecule has 0 radical (unpaired) electrons. The lowest BCUT2D eigenvalue weighted by molar-refractivity contribution is 0.0700. The van der Waals surface area contributed by atoms with E-state index in [1.54, 1.807) is 34.2 Å². The van der Waals surface area contributed by atoms with Crippen molar-refractivity contribution in [2.45, 2.75) is 51.6 Å². The number of hydrogen-bond acceptors (Lipinski definition) is 5. The van der Waals surface area contributed by atoms with E-state index >= 15 is 0 Å². The smallest absolute Gasteiger partial charge is 0.336 e. The minimum Gasteiger partial charge on any atom is -0.493 e. The number of aromatic hydroxyl groups is 1. The Labute approximate surface area is 201 Å². The van der Waals surface area contributed by atoms with E-state index in [9.17, 15) is 20.0 Å². The van der Waals surface area contributed by atoms with Crippen molar-refractivity contribution in [2.75, 3.05) is 6.54 Å². The Bertz CT molecular complexity index is 1470. The van der Waals surface area contributed by atoms with Crippen LogP contribution in [0.2, 0.25) is 5.02 Å². The number of hydrogen-bond donors (Lipinski definition) is 1. The molecule has 2 atom stereocenters. The maximum atomic E-state index is 13.5. The summed E-state index contributed by atoms with van der Waals surface area (Å²) >= 11 is 6.31. The fraction of sp³-hybridized carbons (Fsp3) is 0.417. The van der Waals surface area contributed by atoms with E-state index in [4.69, 9.17) is 11.6 Å². The molecule has 2 aliphatic rings. The van der Waals surface area contributed by atoms with Gasteiger partial charge in [0, 0.05) is 19.0 Å². The van der Waals surface area contributed by atoms with Gasteiger partial charge < -0.3 is 10.0 Å². The molecule has 1 N–H and O–H groups in total. The van der Waals surface area contributed by atoms with Gasteiger partial charge in [0.25, 0.3) is 5.91 Å². The number of nitrogens with zero attached hydrogens (tertiary/aromatic N) is 6. The van der Waals surface area contributed by atoms with Gasteiger partial charge in [-0.15, -0.1) is 0 Å². The maximum Gasteiger partial charge on any atom is 0.336 e. The van der Waals surface area contributed by atoms with Gasteiger partial charge in [-0.05, 0) is 37.1 Å². The number of benzene rings is 1. The Morgan fingerprint density at radius 3 is 2.65 bits per heavy atom. The highest BCUT2D eigenvalue weighted by Gasteiger charge is 2.49. The second-order valence-corrected chi connectivity index (χ2v) is 10.4. The molecule has 3 aromatic rings. The van der Waals surface area contributed by atoms with Crippen LogP contribution in [-0.2, 0) is 12.5 Å². The molecule has 176 valence electrons. The zero-order chi connectivity index (χ0) is 24.7. The first kappa shape index (κ1) is 22.3. The summed E-state index contributed by atoms with van der Waals surface area (Å²) in [4.78, 5) is 28.5. The fourth-order valence-electron chi connectivity index (χ4n) is 5.07. The van der Waals surface area contributed by atoms with Gasteiger partial charge in [0.05, 0.1) is 34.1 Å². The third-order valence-corrected chi connectivity index (χ3v) is 7.39. The molecular formula is C24H25ClN6O3. The molecule has 9 nitrogen and oxygen atoms in total. The standard InChI is InChI=1S/C24H25ClN6O3/c1-12-15(7-6-13(10-26)19(12)25)31-22(33)20-16-8-14(30(20)23(31)34)11-29(16)21(32)17-9-18(24(2,3)4)27-28(17)5/h6-7,9,14,16,33H,8,11H2,1-5H3. The van der Waals surface area contributed by atoms with E-state index in [0.717, 1.165) is 5.69 Å². The van der Waals surface area contributed by atoms with E-state index in [1.165, 1.54) is 10.6 Å². The van der Waals surface area contributed by atoms with Crippen molar-refractivity contribution in [1.29, 1.82) is 5.26 Å². The predicted octanol–water partition coefficient (Wildman–Crippen LogP) is 3.35. The van der Waals surface area contributed by atoms with Crippen molar-refractivity contribution in [3.8, 4) is 17.6 Å². The van der Waals surface area contributed by atoms with Crippen LogP contribution in [-0.4, -0.2) is 41.4 Å². The summed E-state index contributed by atoms with van der Waals surface area (Å²) in [6.45, 7) is 8.20. The molecular weight excluding hydrogens is 456 g/mol. The van der Waals surface area contributed by atoms with Crippen molar-refractivity contribution in [3.63, 3.8) is 0 Å². The molecule has 5 rings (SSSR count). The van der Waals surface area contributed by atoms with Crippen molar-refractivity contribution in [3.05, 3.63) is 61.9 Å². The largest absolute Gasteiger partial charge is 0.493 e. The Balaban J connectivity index is 1.56. The summed E-state index contributed by atoms with van der Waals surface area (Å²) in [7, 11) is 1.75. The summed E-state index contributed by atoms with van der Waals surface area (Å²) in [6.07, 6.45) is 0.571. The number of amides is 1. The van der Waals surface area contributed by atoms with Crippen molar-refractivity contribution in [1.82, 2.24) is 23.8 Å². The van der Waals surface area contributed by atoms with Crippen molar-refractivity contribution < 1.29 is 9.90 Å². The fourth-order valence-corrected chi connectivity index (χ4v) is 5.27. The molecule has 10 heteroatoms. The summed E-state index contributed by atoms with van der Waals surface area (Å²) in [5.41, 5.74) is 2.36. The van der Waals surface area contributed by atoms with Gasteiger partial charge in [0.2, 0.25) is 5.88 Å². The second-order valence-electron chi connectivity index (χ2n) is 10.0. The number of rotatable bonds is 2. The Morgan fingerprint density at radius 2 is 2.03 bits per heavy atom. The lowest BCUT2D eigenvalue weighted by Gasteiger charge is -2.27. The van der Waals surface area contributed by atoms with Crippen LogP contribution in [0.3, 0.4) is 0 Å². The minimum atomic E-state index is -0.423. The highest BCUT2D eigenvalue weighted by molar-refractivity contribution is 6.32. The SMILES string of the molecule is Cc1c(-n2c(O)c3n(c2=O)C2CC3N(C(=O)c3cc(C(C)(C)C)nn3C)C2)ccc(C#N)c1Cl. The van der Waals surface area contributed by atoms with Crippen LogP contribution in [0.1, 0.15) is 72.3 Å². The molecule has 2 bridgehead atoms. The second kappa shape index (κ2) is 7.24. The highest BCUT2D eigenvalue weighted by atomic mass is 35.5. The quantitative estimate of drug-likeness (QED) is 0.605. The molecule has 1 amide bonds. The van der Waals surface area contributed by atoms with Crippen LogP contribution < -0.4 is 5.69 Å². The Kier molecular flexibility index (Phi) is 4.75. The number of fused-ring (bicyclic) bond motifs is 5. The molecule has 2 unspecified atom stereocenters. The van der Waals surface area contributed by atoms with Crippen LogP contribution >= 0.6 is 11.6 Å². The maximum absolute atomic E-state index is 13.5. The number of imidazole rings is 1. The minimum absolute atomic E-state index is 0.179. The van der Waals surface area contributed by atoms with Gasteiger partial charge >= 0.3 is 5.69 Å². The number of carbonyl (C=O) groups excluding carboxylic acids is 1. The molecule has 34 heavy (non-hydrogen) atoms. The number of halogens is 1. The average Bonchev–Trinajstić information content (AvgIpc) is 3.52. The zero-order valence-corrected chi connectivity index (χ0v) is 20.4. The van der Waals surface area contributed by atoms with Crippen molar-refractivity contribution >= 4 is 17.5 Å². The molecule has 0 aliphatic carbocycles. The van der Waals surface area contributed by atoms with Gasteiger partial charge in [-0.2, -0.15) is 10.4 Å². The topological polar surface area (TPSA) is 109 Å². The number of aryl methyl sites for hydroxylation is 1. The number of aromatic nitrogens is 4. The van der Waals surface area contributed by atoms with Gasteiger partial charge in [-0.3, -0.25) is 14.0 Å². The molecule has 2 aliphatic heterocycles. The van der Waals surface area contributed by atoms with Gasteiger partial charge in [0.1, 0.15) is 17.5 Å². The molecule has 1 saturated heterocycles. The molecule has 0 spiro atoms. The predicted molar refractivity (Wildman–Crippen MR) is 125 cm³/mol. The summed E-state index contributed by atoms with van der Waals surface area (Å²) in [5, 5.41) is 25.1. The first-order chi connectivity index (χ1) is 16.0. The monoisotopic (exact) mass is 480 g/mol. The van der Waals surface area contributed by atoms with Crippen LogP contribution in [0.5, 0.6) is 5.88 Å². The van der Waals surface area contributed by atoms with E-state index < -0.39 is 6.04 Å². The van der Waals surface area contributed by atoms with E-state index in [2.05, 4.69) is 5.10 Å². The normalized spacial score (nSPS) is 18.9. The van der Waals surface area contributed by atoms with Crippen molar-refractivity contribution in [2.24, 2.45) is 7.05 Å². The Morgan fingerprint density at radius 1 is 1.32 bits per heavy atom. The number of nitriles is 1. The third-order valence-electron chi connectivity index (χ3n) is 6.90. The number of likely N-dealkylation sites (tertiary alicyclic amines) is 1. The summed E-state index contributed by atoms with van der Waals surface area (Å²) < 4.78 is 4.39. The van der Waals surface area contributed by atoms with Crippen LogP contribution in [0, 0.1) is 18.3 Å². The third kappa shape index (κ3) is 2.95. The van der Waals surface area contributed by atoms with E-state index in [-0.39, 0.29) is 34.0 Å². The first-order valence-corrected chi connectivity index (χ1v) is 11.4. The number of carbonyl (C=O) groups is 1. The first-order valence-electron chi connectivity index (χ1n) is 11.1. The lowest BCUT2D eigenvalue weighted by Crippen LogP contribution is -2.38. The molecule has 0 saturated carbocycles. The van der Waals surface area contributed by atoms with E-state index in [1.807, 2.05) is 32.9 Å². The molecule has 2 aromatic heterocycles. The summed E-state index contributed by atoms with van der Waals surface area (Å²) in [6, 6.07) is 6.31. The molecule has 4 heterocycles. The van der Waals surface area contributed by atoms with E-state index in [0.29, 0.717) is 41.2 Å². The molecule has 1 fully saturated rings.